The molecule has 0 aliphatic rings. The molecule has 3 aromatic rings. The van der Waals surface area contributed by atoms with Gasteiger partial charge in [-0.3, -0.25) is 0 Å². The van der Waals surface area contributed by atoms with Crippen LogP contribution in [0.5, 0.6) is 0 Å². The van der Waals surface area contributed by atoms with Crippen molar-refractivity contribution in [2.75, 3.05) is 17.7 Å². The number of hydrogen-bond acceptors (Lipinski definition) is 4. The summed E-state index contributed by atoms with van der Waals surface area (Å²) in [5.41, 5.74) is 9.08. The molecule has 0 bridgehead atoms. The minimum atomic E-state index is -0.569. The zero-order valence-electron chi connectivity index (χ0n) is 12.5. The molecule has 0 amide bonds. The molecule has 116 valence electrons. The van der Waals surface area contributed by atoms with Gasteiger partial charge in [-0.05, 0) is 24.3 Å². The van der Waals surface area contributed by atoms with Gasteiger partial charge < -0.3 is 15.2 Å². The maximum Gasteiger partial charge on any atom is 0.149 e. The highest BCUT2D eigenvalue weighted by atomic mass is 35.5. The number of nitriles is 1. The van der Waals surface area contributed by atoms with E-state index in [-0.39, 0.29) is 16.3 Å². The Morgan fingerprint density at radius 2 is 2.09 bits per heavy atom. The van der Waals surface area contributed by atoms with Crippen molar-refractivity contribution in [1.82, 2.24) is 9.55 Å². The Morgan fingerprint density at radius 1 is 1.35 bits per heavy atom. The first-order chi connectivity index (χ1) is 10.9. The molecule has 0 atom stereocenters. The summed E-state index contributed by atoms with van der Waals surface area (Å²) in [6.45, 7) is 0. The number of nitrogens with zero attached hydrogens (tertiary/aromatic N) is 4. The van der Waals surface area contributed by atoms with Crippen LogP contribution in [-0.4, -0.2) is 16.6 Å². The summed E-state index contributed by atoms with van der Waals surface area (Å²) in [7, 11) is 3.54. The summed E-state index contributed by atoms with van der Waals surface area (Å²) in [6.07, 6.45) is 1.67. The summed E-state index contributed by atoms with van der Waals surface area (Å²) < 4.78 is 16.2. The maximum atomic E-state index is 14.3. The van der Waals surface area contributed by atoms with Gasteiger partial charge in [0.2, 0.25) is 0 Å². The second-order valence-corrected chi connectivity index (χ2v) is 5.62. The summed E-state index contributed by atoms with van der Waals surface area (Å²) in [5.74, 6) is -0.569. The fourth-order valence-corrected chi connectivity index (χ4v) is 2.85. The Bertz CT molecular complexity index is 934. The van der Waals surface area contributed by atoms with Gasteiger partial charge in [0.15, 0.2) is 0 Å². The van der Waals surface area contributed by atoms with E-state index < -0.39 is 5.82 Å². The quantitative estimate of drug-likeness (QED) is 0.729. The van der Waals surface area contributed by atoms with E-state index in [0.717, 1.165) is 11.6 Å². The number of aromatic nitrogens is 2. The van der Waals surface area contributed by atoms with Gasteiger partial charge in [0.25, 0.3) is 0 Å². The molecule has 3 rings (SSSR count). The first-order valence-electron chi connectivity index (χ1n) is 6.75. The predicted octanol–water partition coefficient (Wildman–Crippen LogP) is 3.59. The van der Waals surface area contributed by atoms with E-state index in [1.165, 1.54) is 6.07 Å². The highest BCUT2D eigenvalue weighted by Gasteiger charge is 2.17. The molecule has 5 nitrogen and oxygen atoms in total. The fourth-order valence-electron chi connectivity index (χ4n) is 2.51. The molecule has 0 saturated carbocycles. The van der Waals surface area contributed by atoms with Crippen molar-refractivity contribution < 1.29 is 4.39 Å². The second kappa shape index (κ2) is 5.45. The first-order valence-corrected chi connectivity index (χ1v) is 7.13. The molecular weight excluding hydrogens is 317 g/mol. The number of anilines is 3. The highest BCUT2D eigenvalue weighted by molar-refractivity contribution is 6.33. The van der Waals surface area contributed by atoms with E-state index >= 15 is 0 Å². The van der Waals surface area contributed by atoms with Crippen LogP contribution in [0, 0.1) is 17.1 Å². The number of hydrogen-bond donors (Lipinski definition) is 1. The SMILES string of the molecule is CN(c1cc(N)c2ncn(C)c2c1)c1c(F)cc(C#N)cc1Cl. The Labute approximate surface area is 137 Å². The number of imidazole rings is 1. The molecule has 2 N–H and O–H groups in total. The van der Waals surface area contributed by atoms with E-state index in [2.05, 4.69) is 4.98 Å². The summed E-state index contributed by atoms with van der Waals surface area (Å²) >= 11 is 6.14. The van der Waals surface area contributed by atoms with Crippen LogP contribution >= 0.6 is 11.6 Å². The molecule has 0 radical (unpaired) electrons. The number of rotatable bonds is 2. The molecule has 1 aromatic heterocycles. The molecule has 0 aliphatic carbocycles. The van der Waals surface area contributed by atoms with Gasteiger partial charge >= 0.3 is 0 Å². The number of nitrogens with two attached hydrogens (primary N) is 1. The Kier molecular flexibility index (Phi) is 3.58. The lowest BCUT2D eigenvalue weighted by molar-refractivity contribution is 0.627. The van der Waals surface area contributed by atoms with Gasteiger partial charge in [0, 0.05) is 19.8 Å². The first kappa shape index (κ1) is 15.1. The van der Waals surface area contributed by atoms with Gasteiger partial charge in [0.05, 0.1) is 39.9 Å². The average molecular weight is 330 g/mol. The maximum absolute atomic E-state index is 14.3. The number of nitrogen functional groups attached to an aromatic ring is 1. The van der Waals surface area contributed by atoms with Crippen molar-refractivity contribution in [3.05, 3.63) is 47.0 Å². The topological polar surface area (TPSA) is 70.9 Å². The van der Waals surface area contributed by atoms with Crippen LogP contribution in [0.2, 0.25) is 5.02 Å². The van der Waals surface area contributed by atoms with Crippen molar-refractivity contribution >= 4 is 39.7 Å². The Hall–Kier alpha value is -2.78. The third kappa shape index (κ3) is 2.45. The van der Waals surface area contributed by atoms with Crippen molar-refractivity contribution in [2.24, 2.45) is 7.05 Å². The lowest BCUT2D eigenvalue weighted by Crippen LogP contribution is -2.13. The molecule has 7 heteroatoms. The van der Waals surface area contributed by atoms with Crippen LogP contribution < -0.4 is 10.6 Å². The van der Waals surface area contributed by atoms with Crippen LogP contribution in [0.25, 0.3) is 11.0 Å². The van der Waals surface area contributed by atoms with Gasteiger partial charge in [-0.25, -0.2) is 9.37 Å². The third-order valence-corrected chi connectivity index (χ3v) is 4.00. The van der Waals surface area contributed by atoms with Gasteiger partial charge in [0.1, 0.15) is 11.3 Å². The fraction of sp³-hybridized carbons (Fsp3) is 0.125. The minimum absolute atomic E-state index is 0.160. The molecule has 1 heterocycles. The zero-order valence-corrected chi connectivity index (χ0v) is 13.3. The molecule has 0 aliphatic heterocycles. The molecule has 23 heavy (non-hydrogen) atoms. The largest absolute Gasteiger partial charge is 0.397 e. The summed E-state index contributed by atoms with van der Waals surface area (Å²) in [4.78, 5) is 5.83. The normalized spacial score (nSPS) is 10.7. The summed E-state index contributed by atoms with van der Waals surface area (Å²) in [5, 5.41) is 9.04. The smallest absolute Gasteiger partial charge is 0.149 e. The van der Waals surface area contributed by atoms with E-state index in [9.17, 15) is 4.39 Å². The molecular formula is C16H13ClFN5. The van der Waals surface area contributed by atoms with Crippen LogP contribution in [0.4, 0.5) is 21.5 Å². The highest BCUT2D eigenvalue weighted by Crippen LogP contribution is 2.36. The predicted molar refractivity (Wildman–Crippen MR) is 89.3 cm³/mol. The number of aryl methyl sites for hydroxylation is 1. The zero-order chi connectivity index (χ0) is 16.7. The van der Waals surface area contributed by atoms with Crippen LogP contribution in [0.1, 0.15) is 5.56 Å². The second-order valence-electron chi connectivity index (χ2n) is 5.22. The van der Waals surface area contributed by atoms with E-state index in [0.29, 0.717) is 16.9 Å². The average Bonchev–Trinajstić information content (AvgIpc) is 2.88. The minimum Gasteiger partial charge on any atom is -0.397 e. The van der Waals surface area contributed by atoms with Crippen LogP contribution in [0.3, 0.4) is 0 Å². The van der Waals surface area contributed by atoms with Crippen molar-refractivity contribution in [3.63, 3.8) is 0 Å². The molecule has 0 spiro atoms. The van der Waals surface area contributed by atoms with Gasteiger partial charge in [-0.15, -0.1) is 0 Å². The molecule has 2 aromatic carbocycles. The standard InChI is InChI=1S/C16H13ClFN5/c1-22-8-21-15-13(20)5-10(6-14(15)22)23(2)16-11(17)3-9(7-19)4-12(16)18/h3-6,8H,20H2,1-2H3. The number of fused-ring (bicyclic) bond motifs is 1. The lowest BCUT2D eigenvalue weighted by Gasteiger charge is -2.22. The molecule has 0 saturated heterocycles. The molecule has 0 fully saturated rings. The Balaban J connectivity index is 2.16. The van der Waals surface area contributed by atoms with Crippen molar-refractivity contribution in [1.29, 1.82) is 5.26 Å². The lowest BCUT2D eigenvalue weighted by atomic mass is 10.1. The van der Waals surface area contributed by atoms with E-state index in [4.69, 9.17) is 22.6 Å². The van der Waals surface area contributed by atoms with Gasteiger partial charge in [-0.1, -0.05) is 11.6 Å². The van der Waals surface area contributed by atoms with Crippen LogP contribution in [0.15, 0.2) is 30.6 Å². The Morgan fingerprint density at radius 3 is 2.74 bits per heavy atom. The van der Waals surface area contributed by atoms with Crippen molar-refractivity contribution in [3.8, 4) is 6.07 Å². The molecule has 0 unspecified atom stereocenters. The number of halogens is 2. The van der Waals surface area contributed by atoms with Gasteiger partial charge in [-0.2, -0.15) is 5.26 Å². The van der Waals surface area contributed by atoms with Crippen molar-refractivity contribution in [2.45, 2.75) is 0 Å². The monoisotopic (exact) mass is 329 g/mol. The number of benzene rings is 2. The third-order valence-electron chi connectivity index (χ3n) is 3.71. The summed E-state index contributed by atoms with van der Waals surface area (Å²) in [6, 6.07) is 8.03. The van der Waals surface area contributed by atoms with E-state index in [1.807, 2.05) is 23.8 Å². The van der Waals surface area contributed by atoms with Crippen LogP contribution in [-0.2, 0) is 7.05 Å². The van der Waals surface area contributed by atoms with E-state index in [1.54, 1.807) is 24.3 Å².